The highest BCUT2D eigenvalue weighted by Crippen LogP contribution is 2.18. The number of nitrogens with one attached hydrogen (secondary N) is 1. The average Bonchev–Trinajstić information content (AvgIpc) is 2.46. The van der Waals surface area contributed by atoms with E-state index in [9.17, 15) is 0 Å². The molecule has 1 N–H and O–H groups in total. The average molecular weight is 262 g/mol. The van der Waals surface area contributed by atoms with Crippen LogP contribution in [0.15, 0.2) is 18.2 Å². The summed E-state index contributed by atoms with van der Waals surface area (Å²) in [5, 5.41) is 12.3. The molecule has 0 unspecified atom stereocenters. The first kappa shape index (κ1) is 15.5. The lowest BCUT2D eigenvalue weighted by Crippen LogP contribution is -2.16. The molecular formula is C15H22N2O2. The topological polar surface area (TPSA) is 54.3 Å². The van der Waals surface area contributed by atoms with Crippen molar-refractivity contribution in [2.75, 3.05) is 26.9 Å². The maximum Gasteiger partial charge on any atom is 0.136 e. The molecule has 0 atom stereocenters. The molecule has 0 fully saturated rings. The number of hydrogen-bond donors (Lipinski definition) is 1. The fourth-order valence-corrected chi connectivity index (χ4v) is 1.73. The van der Waals surface area contributed by atoms with Gasteiger partial charge in [-0.1, -0.05) is 13.0 Å². The van der Waals surface area contributed by atoms with Gasteiger partial charge in [0.05, 0.1) is 12.7 Å². The van der Waals surface area contributed by atoms with Gasteiger partial charge >= 0.3 is 0 Å². The molecule has 4 heteroatoms. The van der Waals surface area contributed by atoms with E-state index in [0.29, 0.717) is 11.3 Å². The van der Waals surface area contributed by atoms with Crippen LogP contribution in [0.5, 0.6) is 5.75 Å². The summed E-state index contributed by atoms with van der Waals surface area (Å²) in [5.41, 5.74) is 1.67. The van der Waals surface area contributed by atoms with Crippen molar-refractivity contribution in [3.8, 4) is 11.8 Å². The van der Waals surface area contributed by atoms with Crippen molar-refractivity contribution >= 4 is 0 Å². The van der Waals surface area contributed by atoms with Crippen LogP contribution in [0.4, 0.5) is 0 Å². The van der Waals surface area contributed by atoms with Crippen LogP contribution in [0.2, 0.25) is 0 Å². The maximum absolute atomic E-state index is 9.00. The van der Waals surface area contributed by atoms with Crippen LogP contribution in [0.1, 0.15) is 30.9 Å². The van der Waals surface area contributed by atoms with Crippen molar-refractivity contribution < 1.29 is 9.47 Å². The molecule has 0 aliphatic carbocycles. The lowest BCUT2D eigenvalue weighted by atomic mass is 10.1. The highest BCUT2D eigenvalue weighted by molar-refractivity contribution is 5.45. The van der Waals surface area contributed by atoms with E-state index in [1.165, 1.54) is 0 Å². The minimum Gasteiger partial charge on any atom is -0.495 e. The second-order valence-corrected chi connectivity index (χ2v) is 4.29. The first-order valence-electron chi connectivity index (χ1n) is 6.67. The molecule has 1 aromatic rings. The van der Waals surface area contributed by atoms with E-state index < -0.39 is 0 Å². The van der Waals surface area contributed by atoms with E-state index in [2.05, 4.69) is 18.3 Å². The molecule has 0 heterocycles. The van der Waals surface area contributed by atoms with Gasteiger partial charge in [-0.25, -0.2) is 0 Å². The van der Waals surface area contributed by atoms with Crippen LogP contribution < -0.4 is 10.1 Å². The van der Waals surface area contributed by atoms with Gasteiger partial charge in [-0.2, -0.15) is 5.26 Å². The highest BCUT2D eigenvalue weighted by Gasteiger charge is 2.03. The molecule has 19 heavy (non-hydrogen) atoms. The van der Waals surface area contributed by atoms with Gasteiger partial charge in [0.25, 0.3) is 0 Å². The fraction of sp³-hybridized carbons (Fsp3) is 0.533. The predicted molar refractivity (Wildman–Crippen MR) is 75.1 cm³/mol. The number of ether oxygens (including phenoxy) is 2. The Kier molecular flexibility index (Phi) is 7.64. The summed E-state index contributed by atoms with van der Waals surface area (Å²) >= 11 is 0. The Bertz CT molecular complexity index is 413. The minimum atomic E-state index is 0.577. The van der Waals surface area contributed by atoms with Crippen LogP contribution in [-0.2, 0) is 11.3 Å². The van der Waals surface area contributed by atoms with E-state index in [1.807, 2.05) is 18.2 Å². The summed E-state index contributed by atoms with van der Waals surface area (Å²) in [7, 11) is 1.57. The van der Waals surface area contributed by atoms with Gasteiger partial charge in [0.15, 0.2) is 0 Å². The molecule has 4 nitrogen and oxygen atoms in total. The SMILES string of the molecule is CCCOCCCNCc1ccc(OC)c(C#N)c1. The van der Waals surface area contributed by atoms with Crippen LogP contribution in [0.3, 0.4) is 0 Å². The van der Waals surface area contributed by atoms with Crippen LogP contribution in [0, 0.1) is 11.3 Å². The van der Waals surface area contributed by atoms with Crippen molar-refractivity contribution in [3.63, 3.8) is 0 Å². The first-order valence-corrected chi connectivity index (χ1v) is 6.67. The normalized spacial score (nSPS) is 10.2. The van der Waals surface area contributed by atoms with E-state index in [0.717, 1.165) is 44.7 Å². The third-order valence-electron chi connectivity index (χ3n) is 2.70. The van der Waals surface area contributed by atoms with Gasteiger partial charge in [-0.15, -0.1) is 0 Å². The Hall–Kier alpha value is -1.57. The minimum absolute atomic E-state index is 0.577. The Morgan fingerprint density at radius 3 is 2.84 bits per heavy atom. The zero-order valence-electron chi connectivity index (χ0n) is 11.7. The zero-order chi connectivity index (χ0) is 13.9. The van der Waals surface area contributed by atoms with Crippen LogP contribution >= 0.6 is 0 Å². The summed E-state index contributed by atoms with van der Waals surface area (Å²) in [5.74, 6) is 0.624. The van der Waals surface area contributed by atoms with E-state index in [4.69, 9.17) is 14.7 Å². The van der Waals surface area contributed by atoms with Crippen LogP contribution in [0.25, 0.3) is 0 Å². The van der Waals surface area contributed by atoms with Gasteiger partial charge in [0.2, 0.25) is 0 Å². The quantitative estimate of drug-likeness (QED) is 0.695. The molecule has 1 rings (SSSR count). The van der Waals surface area contributed by atoms with Gasteiger partial charge in [0, 0.05) is 19.8 Å². The Labute approximate surface area is 115 Å². The molecular weight excluding hydrogens is 240 g/mol. The van der Waals surface area contributed by atoms with Crippen molar-refractivity contribution in [1.82, 2.24) is 5.32 Å². The molecule has 0 saturated carbocycles. The summed E-state index contributed by atoms with van der Waals surface area (Å²) in [6.07, 6.45) is 2.07. The van der Waals surface area contributed by atoms with Crippen molar-refractivity contribution in [1.29, 1.82) is 5.26 Å². The van der Waals surface area contributed by atoms with E-state index >= 15 is 0 Å². The Morgan fingerprint density at radius 1 is 1.32 bits per heavy atom. The summed E-state index contributed by atoms with van der Waals surface area (Å²) in [6.45, 7) is 5.41. The predicted octanol–water partition coefficient (Wildman–Crippen LogP) is 2.47. The lowest BCUT2D eigenvalue weighted by Gasteiger charge is -2.08. The largest absolute Gasteiger partial charge is 0.495 e. The lowest BCUT2D eigenvalue weighted by molar-refractivity contribution is 0.132. The number of rotatable bonds is 9. The third-order valence-corrected chi connectivity index (χ3v) is 2.70. The molecule has 1 aromatic carbocycles. The molecule has 0 aliphatic rings. The molecule has 0 amide bonds. The van der Waals surface area contributed by atoms with Crippen molar-refractivity contribution in [2.24, 2.45) is 0 Å². The van der Waals surface area contributed by atoms with Crippen LogP contribution in [-0.4, -0.2) is 26.9 Å². The zero-order valence-corrected chi connectivity index (χ0v) is 11.7. The molecule has 0 aromatic heterocycles. The van der Waals surface area contributed by atoms with E-state index in [1.54, 1.807) is 7.11 Å². The molecule has 0 bridgehead atoms. The second-order valence-electron chi connectivity index (χ2n) is 4.29. The summed E-state index contributed by atoms with van der Waals surface area (Å²) in [4.78, 5) is 0. The standard InChI is InChI=1S/C15H22N2O2/c1-3-8-19-9-4-7-17-12-13-5-6-15(18-2)14(10-13)11-16/h5-6,10,17H,3-4,7-9,12H2,1-2H3. The van der Waals surface area contributed by atoms with Gasteiger partial charge in [0.1, 0.15) is 11.8 Å². The van der Waals surface area contributed by atoms with E-state index in [-0.39, 0.29) is 0 Å². The molecule has 0 saturated heterocycles. The number of nitrogens with zero attached hydrogens (tertiary/aromatic N) is 1. The smallest absolute Gasteiger partial charge is 0.136 e. The van der Waals surface area contributed by atoms with Crippen molar-refractivity contribution in [3.05, 3.63) is 29.3 Å². The number of hydrogen-bond acceptors (Lipinski definition) is 4. The number of benzene rings is 1. The molecule has 0 radical (unpaired) electrons. The molecule has 0 spiro atoms. The number of nitriles is 1. The van der Waals surface area contributed by atoms with Gasteiger partial charge < -0.3 is 14.8 Å². The number of methoxy groups -OCH3 is 1. The fourth-order valence-electron chi connectivity index (χ4n) is 1.73. The highest BCUT2D eigenvalue weighted by atomic mass is 16.5. The third kappa shape index (κ3) is 5.73. The van der Waals surface area contributed by atoms with Crippen molar-refractivity contribution in [2.45, 2.75) is 26.3 Å². The monoisotopic (exact) mass is 262 g/mol. The first-order chi connectivity index (χ1) is 9.31. The summed E-state index contributed by atoms with van der Waals surface area (Å²) < 4.78 is 10.5. The Balaban J connectivity index is 2.28. The van der Waals surface area contributed by atoms with Gasteiger partial charge in [-0.05, 0) is 37.1 Å². The maximum atomic E-state index is 9.00. The second kappa shape index (κ2) is 9.37. The molecule has 104 valence electrons. The van der Waals surface area contributed by atoms with Gasteiger partial charge in [-0.3, -0.25) is 0 Å². The molecule has 0 aliphatic heterocycles. The summed E-state index contributed by atoms with van der Waals surface area (Å²) in [6, 6.07) is 7.81. The Morgan fingerprint density at radius 2 is 2.16 bits per heavy atom.